The Bertz CT molecular complexity index is 1290. The van der Waals surface area contributed by atoms with Crippen molar-refractivity contribution in [3.63, 3.8) is 0 Å². The minimum atomic E-state index is -0.671. The van der Waals surface area contributed by atoms with Crippen molar-refractivity contribution in [1.82, 2.24) is 24.1 Å². The Hall–Kier alpha value is -3.59. The van der Waals surface area contributed by atoms with Gasteiger partial charge in [-0.1, -0.05) is 11.6 Å². The molecule has 0 aliphatic heterocycles. The summed E-state index contributed by atoms with van der Waals surface area (Å²) in [6.07, 6.45) is 3.28. The molecule has 0 bridgehead atoms. The number of hydrogen-bond acceptors (Lipinski definition) is 5. The van der Waals surface area contributed by atoms with Crippen LogP contribution in [0.25, 0.3) is 16.9 Å². The van der Waals surface area contributed by atoms with Crippen LogP contribution < -0.4 is 11.0 Å². The van der Waals surface area contributed by atoms with Crippen LogP contribution in [0.15, 0.2) is 53.6 Å². The molecule has 29 heavy (non-hydrogen) atoms. The van der Waals surface area contributed by atoms with E-state index in [1.807, 2.05) is 0 Å². The van der Waals surface area contributed by atoms with E-state index in [0.29, 0.717) is 17.2 Å². The van der Waals surface area contributed by atoms with Crippen molar-refractivity contribution >= 4 is 28.8 Å². The summed E-state index contributed by atoms with van der Waals surface area (Å²) in [5.41, 5.74) is 1.25. The number of benzene rings is 1. The van der Waals surface area contributed by atoms with Gasteiger partial charge in [0.2, 0.25) is 5.91 Å². The summed E-state index contributed by atoms with van der Waals surface area (Å²) in [7, 11) is 0. The lowest BCUT2D eigenvalue weighted by molar-refractivity contribution is -0.117. The topological polar surface area (TPSA) is 94.2 Å². The number of nitrogens with zero attached hydrogens (tertiary/aromatic N) is 5. The molecule has 3 heterocycles. The van der Waals surface area contributed by atoms with Crippen molar-refractivity contribution in [2.45, 2.75) is 13.5 Å². The molecule has 8 nitrogen and oxygen atoms in total. The standard InChI is InChI=1S/C19H14ClFN6O2/c1-11-23-16(12-4-6-22-7-5-12)9-17-25-26(19(29)27(11)17)10-18(28)24-15-3-2-13(20)8-14(15)21/h2-9H,10H2,1H3,(H,24,28). The second kappa shape index (κ2) is 7.44. The van der Waals surface area contributed by atoms with Crippen molar-refractivity contribution in [2.75, 3.05) is 5.32 Å². The van der Waals surface area contributed by atoms with E-state index >= 15 is 0 Å². The molecule has 1 N–H and O–H groups in total. The second-order valence-electron chi connectivity index (χ2n) is 6.23. The number of rotatable bonds is 4. The monoisotopic (exact) mass is 412 g/mol. The normalized spacial score (nSPS) is 11.0. The van der Waals surface area contributed by atoms with Gasteiger partial charge in [0.25, 0.3) is 0 Å². The van der Waals surface area contributed by atoms with Crippen molar-refractivity contribution in [2.24, 2.45) is 0 Å². The van der Waals surface area contributed by atoms with Crippen LogP contribution in [-0.4, -0.2) is 30.1 Å². The highest BCUT2D eigenvalue weighted by Crippen LogP contribution is 2.19. The van der Waals surface area contributed by atoms with Crippen LogP contribution >= 0.6 is 11.6 Å². The van der Waals surface area contributed by atoms with Gasteiger partial charge in [0, 0.05) is 29.0 Å². The Morgan fingerprint density at radius 3 is 2.69 bits per heavy atom. The second-order valence-corrected chi connectivity index (χ2v) is 6.67. The minimum absolute atomic E-state index is 0.0333. The fourth-order valence-electron chi connectivity index (χ4n) is 2.89. The fourth-order valence-corrected chi connectivity index (χ4v) is 3.05. The van der Waals surface area contributed by atoms with Gasteiger partial charge >= 0.3 is 5.69 Å². The molecule has 1 amide bonds. The third-order valence-corrected chi connectivity index (χ3v) is 4.45. The van der Waals surface area contributed by atoms with E-state index in [4.69, 9.17) is 11.6 Å². The van der Waals surface area contributed by atoms with Gasteiger partial charge in [-0.15, -0.1) is 5.10 Å². The molecule has 1 aromatic carbocycles. The zero-order valence-electron chi connectivity index (χ0n) is 15.1. The van der Waals surface area contributed by atoms with Gasteiger partial charge in [-0.25, -0.2) is 23.3 Å². The number of halogens is 2. The van der Waals surface area contributed by atoms with E-state index in [0.717, 1.165) is 16.3 Å². The van der Waals surface area contributed by atoms with Gasteiger partial charge in [-0.3, -0.25) is 9.78 Å². The zero-order valence-corrected chi connectivity index (χ0v) is 15.9. The predicted octanol–water partition coefficient (Wildman–Crippen LogP) is 2.69. The summed E-state index contributed by atoms with van der Waals surface area (Å²) >= 11 is 5.70. The first-order chi connectivity index (χ1) is 13.9. The highest BCUT2D eigenvalue weighted by atomic mass is 35.5. The number of carbonyl (C=O) groups is 1. The molecule has 0 aliphatic carbocycles. The molecule has 0 saturated heterocycles. The quantitative estimate of drug-likeness (QED) is 0.556. The van der Waals surface area contributed by atoms with Gasteiger partial charge in [-0.05, 0) is 37.3 Å². The number of aryl methyl sites for hydroxylation is 1. The Balaban J connectivity index is 1.64. The maximum absolute atomic E-state index is 13.9. The van der Waals surface area contributed by atoms with Gasteiger partial charge in [0.05, 0.1) is 11.4 Å². The third-order valence-electron chi connectivity index (χ3n) is 4.21. The summed E-state index contributed by atoms with van der Waals surface area (Å²) in [4.78, 5) is 33.3. The van der Waals surface area contributed by atoms with Gasteiger partial charge in [0.15, 0.2) is 5.65 Å². The van der Waals surface area contributed by atoms with E-state index in [1.54, 1.807) is 37.5 Å². The number of aromatic nitrogens is 5. The molecule has 0 atom stereocenters. The number of carbonyl (C=O) groups excluding carboxylic acids is 1. The molecule has 0 aliphatic rings. The van der Waals surface area contributed by atoms with Crippen LogP contribution in [0.3, 0.4) is 0 Å². The average Bonchev–Trinajstić information content (AvgIpc) is 3.00. The smallest absolute Gasteiger partial charge is 0.322 e. The SMILES string of the molecule is Cc1nc(-c2ccncc2)cc2nn(CC(=O)Nc3ccc(Cl)cc3F)c(=O)n12. The summed E-state index contributed by atoms with van der Waals surface area (Å²) < 4.78 is 16.2. The lowest BCUT2D eigenvalue weighted by atomic mass is 10.2. The Morgan fingerprint density at radius 1 is 1.21 bits per heavy atom. The Labute approximate surface area is 168 Å². The van der Waals surface area contributed by atoms with E-state index in [1.165, 1.54) is 16.5 Å². The lowest BCUT2D eigenvalue weighted by Gasteiger charge is -2.06. The highest BCUT2D eigenvalue weighted by molar-refractivity contribution is 6.30. The number of anilines is 1. The number of nitrogens with one attached hydrogen (secondary N) is 1. The minimum Gasteiger partial charge on any atom is -0.322 e. The first-order valence-electron chi connectivity index (χ1n) is 8.55. The van der Waals surface area contributed by atoms with E-state index in [2.05, 4.69) is 20.4 Å². The van der Waals surface area contributed by atoms with Gasteiger partial charge in [-0.2, -0.15) is 0 Å². The van der Waals surface area contributed by atoms with E-state index < -0.39 is 17.4 Å². The molecular weight excluding hydrogens is 399 g/mol. The first kappa shape index (κ1) is 18.8. The van der Waals surface area contributed by atoms with Crippen LogP contribution in [0.5, 0.6) is 0 Å². The van der Waals surface area contributed by atoms with Gasteiger partial charge in [0.1, 0.15) is 18.2 Å². The van der Waals surface area contributed by atoms with Gasteiger partial charge < -0.3 is 5.32 Å². The van der Waals surface area contributed by atoms with Crippen molar-refractivity contribution in [3.8, 4) is 11.3 Å². The molecule has 10 heteroatoms. The first-order valence-corrected chi connectivity index (χ1v) is 8.93. The number of hydrogen-bond donors (Lipinski definition) is 1. The molecule has 0 spiro atoms. The van der Waals surface area contributed by atoms with Crippen molar-refractivity contribution in [1.29, 1.82) is 0 Å². The van der Waals surface area contributed by atoms with E-state index in [-0.39, 0.29) is 17.3 Å². The molecular formula is C19H14ClFN6O2. The Morgan fingerprint density at radius 2 is 1.97 bits per heavy atom. The molecule has 146 valence electrons. The number of fused-ring (bicyclic) bond motifs is 1. The van der Waals surface area contributed by atoms with Crippen LogP contribution in [0, 0.1) is 12.7 Å². The molecule has 0 radical (unpaired) electrons. The predicted molar refractivity (Wildman–Crippen MR) is 105 cm³/mol. The van der Waals surface area contributed by atoms with Crippen molar-refractivity contribution in [3.05, 3.63) is 75.9 Å². The summed E-state index contributed by atoms with van der Waals surface area (Å²) in [6.45, 7) is 1.29. The molecule has 0 fully saturated rings. The van der Waals surface area contributed by atoms with E-state index in [9.17, 15) is 14.0 Å². The molecule has 4 aromatic rings. The summed E-state index contributed by atoms with van der Waals surface area (Å²) in [6, 6.07) is 9.12. The lowest BCUT2D eigenvalue weighted by Crippen LogP contribution is -2.29. The summed E-state index contributed by atoms with van der Waals surface area (Å²) in [5, 5.41) is 6.83. The Kier molecular flexibility index (Phi) is 4.81. The third kappa shape index (κ3) is 3.72. The molecule has 3 aromatic heterocycles. The maximum Gasteiger partial charge on any atom is 0.352 e. The summed E-state index contributed by atoms with van der Waals surface area (Å²) in [5.74, 6) is -0.846. The average molecular weight is 413 g/mol. The molecule has 4 rings (SSSR count). The number of pyridine rings is 1. The molecule has 0 saturated carbocycles. The fraction of sp³-hybridized carbons (Fsp3) is 0.105. The largest absolute Gasteiger partial charge is 0.352 e. The van der Waals surface area contributed by atoms with Crippen LogP contribution in [-0.2, 0) is 11.3 Å². The van der Waals surface area contributed by atoms with Crippen LogP contribution in [0.1, 0.15) is 5.82 Å². The molecule has 0 unspecified atom stereocenters. The highest BCUT2D eigenvalue weighted by Gasteiger charge is 2.15. The van der Waals surface area contributed by atoms with Crippen molar-refractivity contribution < 1.29 is 9.18 Å². The number of amides is 1. The zero-order chi connectivity index (χ0) is 20.5. The maximum atomic E-state index is 13.9. The van der Waals surface area contributed by atoms with Crippen LogP contribution in [0.4, 0.5) is 10.1 Å². The van der Waals surface area contributed by atoms with Crippen LogP contribution in [0.2, 0.25) is 5.02 Å².